The normalized spacial score (nSPS) is 16.5. The largest absolute Gasteiger partial charge is 0.492 e. The lowest BCUT2D eigenvalue weighted by Crippen LogP contribution is -2.22. The molecule has 0 saturated carbocycles. The highest BCUT2D eigenvalue weighted by atomic mass is 32.5. The summed E-state index contributed by atoms with van der Waals surface area (Å²) >= 11 is 0. The maximum absolute atomic E-state index is 13.0. The number of fused-ring (bicyclic) bond motifs is 1. The smallest absolute Gasteiger partial charge is 0.310 e. The third-order valence-electron chi connectivity index (χ3n) is 4.86. The number of hydrogen-bond acceptors (Lipinski definition) is 4. The fourth-order valence-electron chi connectivity index (χ4n) is 3.48. The molecule has 1 atom stereocenters. The summed E-state index contributed by atoms with van der Waals surface area (Å²) in [5.41, 5.74) is 1.77. The van der Waals surface area contributed by atoms with Crippen molar-refractivity contribution in [1.82, 2.24) is 5.32 Å². The maximum atomic E-state index is 13.0. The molecule has 0 fully saturated rings. The number of nitrogens with one attached hydrogen (secondary N) is 1. The van der Waals surface area contributed by atoms with Gasteiger partial charge in [0.1, 0.15) is 16.7 Å². The van der Waals surface area contributed by atoms with Gasteiger partial charge in [0.05, 0.1) is 13.2 Å². The van der Waals surface area contributed by atoms with Gasteiger partial charge in [0.2, 0.25) is 5.91 Å². The molecule has 1 heterocycles. The van der Waals surface area contributed by atoms with E-state index >= 15 is 0 Å². The molecule has 0 bridgehead atoms. The Morgan fingerprint density at radius 3 is 2.42 bits per heavy atom. The average Bonchev–Trinajstić information content (AvgIpc) is 3.18. The summed E-state index contributed by atoms with van der Waals surface area (Å²) in [6.07, 6.45) is 0.107. The molecule has 31 heavy (non-hydrogen) atoms. The molecule has 3 N–H and O–H groups in total. The quantitative estimate of drug-likeness (QED) is 0.407. The summed E-state index contributed by atoms with van der Waals surface area (Å²) < 4.78 is 70.8. The van der Waals surface area contributed by atoms with Crippen LogP contribution in [0.25, 0.3) is 11.1 Å². The second kappa shape index (κ2) is 7.21. The van der Waals surface area contributed by atoms with Crippen LogP contribution in [-0.4, -0.2) is 29.3 Å². The Hall–Kier alpha value is -2.63. The molecule has 11 heteroatoms. The van der Waals surface area contributed by atoms with E-state index in [1.807, 2.05) is 0 Å². The minimum Gasteiger partial charge on any atom is -0.492 e. The van der Waals surface area contributed by atoms with Crippen molar-refractivity contribution in [1.29, 1.82) is 0 Å². The minimum atomic E-state index is -9.81. The second-order valence-electron chi connectivity index (χ2n) is 7.02. The SMILES string of the molecule is C=CC(=O)NCc1cc(-c2ccc(S(F)(F)(F)(F)F)cc2)c2c(c1C(O)CO)CCO2. The first-order valence-corrected chi connectivity index (χ1v) is 11.1. The van der Waals surface area contributed by atoms with E-state index in [2.05, 4.69) is 11.9 Å². The maximum Gasteiger partial charge on any atom is 0.310 e. The van der Waals surface area contributed by atoms with Gasteiger partial charge in [-0.05, 0) is 41.0 Å². The summed E-state index contributed by atoms with van der Waals surface area (Å²) in [7, 11) is -9.81. The van der Waals surface area contributed by atoms with Gasteiger partial charge in [0.15, 0.2) is 0 Å². The predicted molar refractivity (Wildman–Crippen MR) is 107 cm³/mol. The van der Waals surface area contributed by atoms with E-state index < -0.39 is 33.7 Å². The second-order valence-corrected chi connectivity index (χ2v) is 9.43. The summed E-state index contributed by atoms with van der Waals surface area (Å²) in [6, 6.07) is 3.94. The highest BCUT2D eigenvalue weighted by Gasteiger charge is 2.65. The Bertz CT molecular complexity index is 1040. The first kappa shape index (κ1) is 23.0. The number of hydrogen-bond donors (Lipinski definition) is 3. The zero-order valence-electron chi connectivity index (χ0n) is 16.1. The molecule has 1 aliphatic heterocycles. The van der Waals surface area contributed by atoms with Gasteiger partial charge in [0, 0.05) is 24.1 Å². The topological polar surface area (TPSA) is 78.8 Å². The van der Waals surface area contributed by atoms with Crippen LogP contribution in [0.2, 0.25) is 0 Å². The molecule has 170 valence electrons. The Balaban J connectivity index is 2.14. The number of halogens is 5. The van der Waals surface area contributed by atoms with Crippen molar-refractivity contribution in [2.24, 2.45) is 0 Å². The Labute approximate surface area is 174 Å². The Kier molecular flexibility index (Phi) is 5.36. The third-order valence-corrected chi connectivity index (χ3v) is 6.03. The van der Waals surface area contributed by atoms with Crippen LogP contribution in [0.3, 0.4) is 0 Å². The van der Waals surface area contributed by atoms with Crippen molar-refractivity contribution in [3.8, 4) is 16.9 Å². The van der Waals surface area contributed by atoms with Crippen molar-refractivity contribution >= 4 is 16.1 Å². The lowest BCUT2D eigenvalue weighted by Gasteiger charge is -2.40. The first-order valence-electron chi connectivity index (χ1n) is 9.10. The molecular weight excluding hydrogens is 445 g/mol. The predicted octanol–water partition coefficient (Wildman–Crippen LogP) is 4.77. The van der Waals surface area contributed by atoms with Crippen molar-refractivity contribution in [2.45, 2.75) is 24.0 Å². The minimum absolute atomic E-state index is 0.0684. The highest BCUT2D eigenvalue weighted by Crippen LogP contribution is 3.02. The van der Waals surface area contributed by atoms with Crippen LogP contribution < -0.4 is 10.1 Å². The number of amides is 1. The highest BCUT2D eigenvalue weighted by molar-refractivity contribution is 8.45. The molecule has 0 spiro atoms. The van der Waals surface area contributed by atoms with Crippen molar-refractivity contribution < 1.29 is 39.2 Å². The van der Waals surface area contributed by atoms with Crippen LogP contribution in [0.15, 0.2) is 47.9 Å². The van der Waals surface area contributed by atoms with Crippen LogP contribution in [0.4, 0.5) is 19.4 Å². The molecule has 0 aliphatic carbocycles. The van der Waals surface area contributed by atoms with Gasteiger partial charge in [-0.25, -0.2) is 0 Å². The van der Waals surface area contributed by atoms with Crippen LogP contribution in [-0.2, 0) is 17.8 Å². The average molecular weight is 465 g/mol. The fraction of sp³-hybridized carbons (Fsp3) is 0.250. The number of aliphatic hydroxyl groups is 2. The Morgan fingerprint density at radius 2 is 1.87 bits per heavy atom. The number of rotatable bonds is 7. The van der Waals surface area contributed by atoms with Crippen LogP contribution >= 0.6 is 10.2 Å². The van der Waals surface area contributed by atoms with Gasteiger partial charge >= 0.3 is 10.2 Å². The monoisotopic (exact) mass is 465 g/mol. The van der Waals surface area contributed by atoms with E-state index in [-0.39, 0.29) is 24.5 Å². The summed E-state index contributed by atoms with van der Waals surface area (Å²) in [6.45, 7) is 2.89. The number of carbonyl (C=O) groups excluding carboxylic acids is 1. The van der Waals surface area contributed by atoms with E-state index in [0.717, 1.165) is 18.2 Å². The zero-order chi connectivity index (χ0) is 23.1. The lowest BCUT2D eigenvalue weighted by molar-refractivity contribution is -0.116. The molecule has 2 aromatic rings. The molecule has 1 aliphatic rings. The fourth-order valence-corrected chi connectivity index (χ4v) is 4.13. The first-order chi connectivity index (χ1) is 14.2. The van der Waals surface area contributed by atoms with E-state index in [0.29, 0.717) is 40.8 Å². The summed E-state index contributed by atoms with van der Waals surface area (Å²) in [5.74, 6) is -0.218. The molecule has 2 aromatic carbocycles. The van der Waals surface area contributed by atoms with Crippen molar-refractivity contribution in [3.63, 3.8) is 0 Å². The molecule has 0 aromatic heterocycles. The van der Waals surface area contributed by atoms with Crippen LogP contribution in [0.1, 0.15) is 22.8 Å². The van der Waals surface area contributed by atoms with E-state index in [9.17, 15) is 34.4 Å². The lowest BCUT2D eigenvalue weighted by atomic mass is 9.89. The van der Waals surface area contributed by atoms with Gasteiger partial charge in [-0.1, -0.05) is 38.1 Å². The number of carbonyl (C=O) groups is 1. The van der Waals surface area contributed by atoms with Gasteiger partial charge in [0.25, 0.3) is 0 Å². The van der Waals surface area contributed by atoms with Crippen molar-refractivity contribution in [2.75, 3.05) is 13.2 Å². The molecule has 1 unspecified atom stereocenters. The molecular formula is C20H20F5NO4S. The van der Waals surface area contributed by atoms with Gasteiger partial charge in [-0.3, -0.25) is 4.79 Å². The van der Waals surface area contributed by atoms with Crippen LogP contribution in [0, 0.1) is 0 Å². The Morgan fingerprint density at radius 1 is 1.23 bits per heavy atom. The number of aliphatic hydroxyl groups excluding tert-OH is 2. The van der Waals surface area contributed by atoms with Gasteiger partial charge in [-0.2, -0.15) is 0 Å². The number of ether oxygens (including phenoxy) is 1. The molecule has 0 radical (unpaired) electrons. The number of benzene rings is 2. The molecule has 1 amide bonds. The standard InChI is InChI=1S/C20H20F5NO4S/c1-2-18(29)26-10-13-9-16(20-15(7-8-30-20)19(13)17(28)11-27)12-3-5-14(6-4-12)31(21,22,23,24)25/h2-6,9,17,27-28H,1,7-8,10-11H2,(H,26,29). The van der Waals surface area contributed by atoms with E-state index in [4.69, 9.17) is 4.74 Å². The van der Waals surface area contributed by atoms with Gasteiger partial charge in [-0.15, -0.1) is 0 Å². The summed E-state index contributed by atoms with van der Waals surface area (Å²) in [4.78, 5) is 9.57. The van der Waals surface area contributed by atoms with Crippen LogP contribution in [0.5, 0.6) is 5.75 Å². The van der Waals surface area contributed by atoms with E-state index in [1.165, 1.54) is 6.07 Å². The molecule has 0 saturated heterocycles. The third kappa shape index (κ3) is 4.83. The summed E-state index contributed by atoms with van der Waals surface area (Å²) in [5, 5.41) is 22.3. The van der Waals surface area contributed by atoms with Crippen molar-refractivity contribution in [3.05, 3.63) is 59.7 Å². The molecule has 5 nitrogen and oxygen atoms in total. The molecule has 3 rings (SSSR count). The zero-order valence-corrected chi connectivity index (χ0v) is 16.9. The van der Waals surface area contributed by atoms with E-state index in [1.54, 1.807) is 0 Å². The van der Waals surface area contributed by atoms with Gasteiger partial charge < -0.3 is 20.3 Å².